The van der Waals surface area contributed by atoms with Crippen molar-refractivity contribution < 1.29 is 32.6 Å². The molecule has 0 amide bonds. The van der Waals surface area contributed by atoms with Crippen LogP contribution in [-0.4, -0.2) is 38.5 Å². The Balaban J connectivity index is 1.52. The van der Waals surface area contributed by atoms with E-state index in [4.69, 9.17) is 14.6 Å². The largest absolute Gasteiger partial charge is 0.490 e. The summed E-state index contributed by atoms with van der Waals surface area (Å²) in [5, 5.41) is 8.96. The van der Waals surface area contributed by atoms with Crippen LogP contribution >= 0.6 is 0 Å². The second kappa shape index (κ2) is 10.6. The summed E-state index contributed by atoms with van der Waals surface area (Å²) < 4.78 is 38.8. The lowest BCUT2D eigenvalue weighted by atomic mass is 10.1. The highest BCUT2D eigenvalue weighted by molar-refractivity contribution is 7.92. The van der Waals surface area contributed by atoms with Crippen LogP contribution < -0.4 is 14.2 Å². The fourth-order valence-corrected chi connectivity index (χ4v) is 4.03. The van der Waals surface area contributed by atoms with E-state index in [1.54, 1.807) is 48.5 Å². The van der Waals surface area contributed by atoms with Gasteiger partial charge < -0.3 is 14.6 Å². The summed E-state index contributed by atoms with van der Waals surface area (Å²) in [4.78, 5) is 22.3. The zero-order valence-corrected chi connectivity index (χ0v) is 18.7. The number of para-hydroxylation sites is 1. The van der Waals surface area contributed by atoms with Gasteiger partial charge in [0.25, 0.3) is 10.0 Å². The predicted octanol–water partition coefficient (Wildman–Crippen LogP) is 3.77. The molecule has 8 nitrogen and oxygen atoms in total. The third-order valence-electron chi connectivity index (χ3n) is 4.60. The second-order valence-electron chi connectivity index (χ2n) is 7.09. The Bertz CT molecular complexity index is 1220. The highest BCUT2D eigenvalue weighted by Crippen LogP contribution is 2.21. The van der Waals surface area contributed by atoms with Crippen LogP contribution in [0.5, 0.6) is 11.5 Å². The van der Waals surface area contributed by atoms with Gasteiger partial charge in [0.15, 0.2) is 5.78 Å². The molecule has 0 saturated heterocycles. The molecule has 0 fully saturated rings. The molecule has 0 aliphatic heterocycles. The molecule has 0 radical (unpaired) electrons. The van der Waals surface area contributed by atoms with Crippen LogP contribution in [0, 0.1) is 0 Å². The van der Waals surface area contributed by atoms with Crippen molar-refractivity contribution in [1.29, 1.82) is 0 Å². The molecule has 0 atom stereocenters. The first-order valence-corrected chi connectivity index (χ1v) is 11.5. The van der Waals surface area contributed by atoms with E-state index < -0.39 is 16.0 Å². The van der Waals surface area contributed by atoms with Gasteiger partial charge in [-0.2, -0.15) is 0 Å². The molecule has 3 rings (SSSR count). The fraction of sp³-hybridized carbons (Fsp3) is 0.167. The average molecular weight is 470 g/mol. The molecule has 3 aromatic rings. The van der Waals surface area contributed by atoms with Crippen molar-refractivity contribution in [2.45, 2.75) is 18.2 Å². The number of carboxylic acids is 1. The number of Topliss-reactive ketones (excluding diaryl/α,β-unsaturated/α-hetero) is 1. The van der Waals surface area contributed by atoms with Gasteiger partial charge in [0, 0.05) is 16.8 Å². The van der Waals surface area contributed by atoms with Crippen LogP contribution in [0.4, 0.5) is 5.69 Å². The molecule has 0 aliphatic rings. The Morgan fingerprint density at radius 3 is 2.15 bits per heavy atom. The van der Waals surface area contributed by atoms with Crippen LogP contribution in [-0.2, 0) is 21.2 Å². The van der Waals surface area contributed by atoms with E-state index in [2.05, 4.69) is 4.72 Å². The van der Waals surface area contributed by atoms with E-state index in [1.807, 2.05) is 0 Å². The van der Waals surface area contributed by atoms with Gasteiger partial charge in [0.2, 0.25) is 0 Å². The molecule has 0 spiro atoms. The first-order valence-electron chi connectivity index (χ1n) is 10.0. The van der Waals surface area contributed by atoms with Gasteiger partial charge in [-0.1, -0.05) is 30.3 Å². The maximum atomic E-state index is 12.5. The van der Waals surface area contributed by atoms with E-state index in [1.165, 1.54) is 31.2 Å². The van der Waals surface area contributed by atoms with E-state index in [9.17, 15) is 18.0 Å². The van der Waals surface area contributed by atoms with Crippen LogP contribution in [0.1, 0.15) is 22.8 Å². The predicted molar refractivity (Wildman–Crippen MR) is 122 cm³/mol. The number of benzene rings is 3. The normalized spacial score (nSPS) is 10.9. The van der Waals surface area contributed by atoms with Crippen molar-refractivity contribution in [2.75, 3.05) is 17.9 Å². The van der Waals surface area contributed by atoms with Gasteiger partial charge in [0.1, 0.15) is 24.7 Å². The fourth-order valence-electron chi connectivity index (χ4n) is 2.97. The minimum absolute atomic E-state index is 0.0492. The summed E-state index contributed by atoms with van der Waals surface area (Å²) in [6, 6.07) is 19.0. The summed E-state index contributed by atoms with van der Waals surface area (Å²) in [5.74, 6) is -0.0702. The van der Waals surface area contributed by atoms with E-state index >= 15 is 0 Å². The minimum Gasteiger partial charge on any atom is -0.490 e. The Kier molecular flexibility index (Phi) is 7.68. The van der Waals surface area contributed by atoms with Crippen LogP contribution in [0.15, 0.2) is 77.7 Å². The van der Waals surface area contributed by atoms with Gasteiger partial charge >= 0.3 is 5.97 Å². The van der Waals surface area contributed by atoms with E-state index in [0.717, 1.165) is 0 Å². The summed E-state index contributed by atoms with van der Waals surface area (Å²) in [6.45, 7) is 1.84. The molecule has 33 heavy (non-hydrogen) atoms. The molecule has 9 heteroatoms. The number of carbonyl (C=O) groups excluding carboxylic acids is 1. The van der Waals surface area contributed by atoms with Crippen molar-refractivity contribution in [2.24, 2.45) is 0 Å². The Morgan fingerprint density at radius 1 is 0.879 bits per heavy atom. The first kappa shape index (κ1) is 23.8. The first-order chi connectivity index (χ1) is 15.7. The number of rotatable bonds is 11. The molecular weight excluding hydrogens is 446 g/mol. The SMILES string of the molecule is CC(=O)c1ccc(S(=O)(=O)Nc2ccc(OCCOc3ccccc3CC(=O)O)cc2)cc1. The Labute approximate surface area is 191 Å². The van der Waals surface area contributed by atoms with Crippen molar-refractivity contribution in [3.05, 3.63) is 83.9 Å². The third kappa shape index (κ3) is 6.81. The van der Waals surface area contributed by atoms with Gasteiger partial charge in [-0.15, -0.1) is 0 Å². The molecule has 0 aliphatic carbocycles. The second-order valence-corrected chi connectivity index (χ2v) is 8.77. The number of anilines is 1. The summed E-state index contributed by atoms with van der Waals surface area (Å²) in [5.41, 5.74) is 1.37. The summed E-state index contributed by atoms with van der Waals surface area (Å²) >= 11 is 0. The smallest absolute Gasteiger partial charge is 0.307 e. The topological polar surface area (TPSA) is 119 Å². The van der Waals surface area contributed by atoms with E-state index in [0.29, 0.717) is 28.3 Å². The van der Waals surface area contributed by atoms with Crippen LogP contribution in [0.3, 0.4) is 0 Å². The third-order valence-corrected chi connectivity index (χ3v) is 6.00. The number of hydrogen-bond donors (Lipinski definition) is 2. The molecular formula is C24H23NO7S. The maximum absolute atomic E-state index is 12.5. The molecule has 172 valence electrons. The number of carboxylic acid groups (broad SMARTS) is 1. The zero-order chi connectivity index (χ0) is 23.8. The molecule has 0 saturated carbocycles. The van der Waals surface area contributed by atoms with Gasteiger partial charge in [-0.05, 0) is 49.4 Å². The van der Waals surface area contributed by atoms with Gasteiger partial charge in [0.05, 0.1) is 11.3 Å². The summed E-state index contributed by atoms with van der Waals surface area (Å²) in [7, 11) is -3.80. The quantitative estimate of drug-likeness (QED) is 0.324. The maximum Gasteiger partial charge on any atom is 0.307 e. The van der Waals surface area contributed by atoms with Gasteiger partial charge in [-0.25, -0.2) is 8.42 Å². The zero-order valence-electron chi connectivity index (χ0n) is 17.9. The number of carbonyl (C=O) groups is 2. The Hall–Kier alpha value is -3.85. The lowest BCUT2D eigenvalue weighted by Gasteiger charge is -2.12. The number of hydrogen-bond acceptors (Lipinski definition) is 6. The lowest BCUT2D eigenvalue weighted by molar-refractivity contribution is -0.136. The van der Waals surface area contributed by atoms with Crippen molar-refractivity contribution in [1.82, 2.24) is 0 Å². The van der Waals surface area contributed by atoms with Gasteiger partial charge in [-0.3, -0.25) is 14.3 Å². The molecule has 0 heterocycles. The molecule has 3 aromatic carbocycles. The number of ether oxygens (including phenoxy) is 2. The monoisotopic (exact) mass is 469 g/mol. The highest BCUT2D eigenvalue weighted by Gasteiger charge is 2.14. The minimum atomic E-state index is -3.80. The number of ketones is 1. The molecule has 0 unspecified atom stereocenters. The van der Waals surface area contributed by atoms with Crippen molar-refractivity contribution >= 4 is 27.5 Å². The number of aliphatic carboxylic acids is 1. The lowest BCUT2D eigenvalue weighted by Crippen LogP contribution is -2.13. The van der Waals surface area contributed by atoms with Crippen molar-refractivity contribution in [3.63, 3.8) is 0 Å². The van der Waals surface area contributed by atoms with Crippen LogP contribution in [0.25, 0.3) is 0 Å². The van der Waals surface area contributed by atoms with Crippen LogP contribution in [0.2, 0.25) is 0 Å². The summed E-state index contributed by atoms with van der Waals surface area (Å²) in [6.07, 6.45) is -0.130. The standard InChI is InChI=1S/C24H23NO7S/c1-17(26)18-6-12-22(13-7-18)33(29,30)25-20-8-10-21(11-9-20)31-14-15-32-23-5-3-2-4-19(23)16-24(27)28/h2-13,25H,14-16H2,1H3,(H,27,28). The molecule has 0 aromatic heterocycles. The number of nitrogens with one attached hydrogen (secondary N) is 1. The molecule has 0 bridgehead atoms. The Morgan fingerprint density at radius 2 is 1.52 bits per heavy atom. The van der Waals surface area contributed by atoms with E-state index in [-0.39, 0.29) is 30.3 Å². The average Bonchev–Trinajstić information content (AvgIpc) is 2.78. The molecule has 2 N–H and O–H groups in total. The number of sulfonamides is 1. The highest BCUT2D eigenvalue weighted by atomic mass is 32.2. The van der Waals surface area contributed by atoms with Crippen molar-refractivity contribution in [3.8, 4) is 11.5 Å².